The standard InChI is InChI=1S/C9H13NO5/c1-6(2-3-9(13)14)10-7(11)4-15-5-8(10)12/h6H,2-5H2,1H3,(H,13,14). The average Bonchev–Trinajstić information content (AvgIpc) is 2.14. The van der Waals surface area contributed by atoms with E-state index in [1.165, 1.54) is 0 Å². The van der Waals surface area contributed by atoms with Crippen molar-refractivity contribution in [1.29, 1.82) is 0 Å². The Hall–Kier alpha value is -1.43. The van der Waals surface area contributed by atoms with E-state index < -0.39 is 17.8 Å². The number of hydrogen-bond acceptors (Lipinski definition) is 4. The van der Waals surface area contributed by atoms with Crippen LogP contribution in [0, 0.1) is 0 Å². The number of nitrogens with zero attached hydrogens (tertiary/aromatic N) is 1. The first-order chi connectivity index (χ1) is 7.02. The van der Waals surface area contributed by atoms with Gasteiger partial charge in [0.1, 0.15) is 13.2 Å². The third kappa shape index (κ3) is 3.02. The van der Waals surface area contributed by atoms with Crippen LogP contribution in [0.15, 0.2) is 0 Å². The van der Waals surface area contributed by atoms with E-state index in [4.69, 9.17) is 9.84 Å². The van der Waals surface area contributed by atoms with Gasteiger partial charge in [-0.2, -0.15) is 0 Å². The Morgan fingerprint density at radius 3 is 2.47 bits per heavy atom. The first-order valence-electron chi connectivity index (χ1n) is 4.67. The highest BCUT2D eigenvalue weighted by Crippen LogP contribution is 2.11. The van der Waals surface area contributed by atoms with Crippen molar-refractivity contribution in [2.75, 3.05) is 13.2 Å². The molecule has 1 aliphatic heterocycles. The number of carbonyl (C=O) groups is 3. The van der Waals surface area contributed by atoms with Gasteiger partial charge in [-0.05, 0) is 13.3 Å². The molecule has 0 aliphatic carbocycles. The summed E-state index contributed by atoms with van der Waals surface area (Å²) in [7, 11) is 0. The second-order valence-electron chi connectivity index (χ2n) is 3.43. The maximum atomic E-state index is 11.3. The Morgan fingerprint density at radius 1 is 1.47 bits per heavy atom. The average molecular weight is 215 g/mol. The van der Waals surface area contributed by atoms with Gasteiger partial charge in [-0.15, -0.1) is 0 Å². The molecule has 1 rings (SSSR count). The summed E-state index contributed by atoms with van der Waals surface area (Å²) in [4.78, 5) is 34.1. The number of amides is 2. The van der Waals surface area contributed by atoms with Gasteiger partial charge in [0, 0.05) is 12.5 Å². The van der Waals surface area contributed by atoms with Crippen LogP contribution in [0.4, 0.5) is 0 Å². The quantitative estimate of drug-likeness (QED) is 0.646. The van der Waals surface area contributed by atoms with Crippen molar-refractivity contribution in [2.45, 2.75) is 25.8 Å². The molecule has 0 radical (unpaired) electrons. The van der Waals surface area contributed by atoms with E-state index in [0.717, 1.165) is 4.90 Å². The van der Waals surface area contributed by atoms with E-state index in [1.54, 1.807) is 6.92 Å². The predicted molar refractivity (Wildman–Crippen MR) is 49.0 cm³/mol. The van der Waals surface area contributed by atoms with Gasteiger partial charge >= 0.3 is 5.97 Å². The number of hydrogen-bond donors (Lipinski definition) is 1. The molecule has 0 saturated carbocycles. The molecule has 1 atom stereocenters. The maximum absolute atomic E-state index is 11.3. The van der Waals surface area contributed by atoms with E-state index in [2.05, 4.69) is 0 Å². The fourth-order valence-electron chi connectivity index (χ4n) is 1.46. The second-order valence-corrected chi connectivity index (χ2v) is 3.43. The Morgan fingerprint density at radius 2 is 2.00 bits per heavy atom. The number of carboxylic acid groups (broad SMARTS) is 1. The maximum Gasteiger partial charge on any atom is 0.303 e. The van der Waals surface area contributed by atoms with Crippen LogP contribution in [-0.2, 0) is 19.1 Å². The summed E-state index contributed by atoms with van der Waals surface area (Å²) >= 11 is 0. The van der Waals surface area contributed by atoms with Crippen molar-refractivity contribution < 1.29 is 24.2 Å². The van der Waals surface area contributed by atoms with Gasteiger partial charge in [-0.1, -0.05) is 0 Å². The van der Waals surface area contributed by atoms with E-state index in [9.17, 15) is 14.4 Å². The topological polar surface area (TPSA) is 83.9 Å². The second kappa shape index (κ2) is 4.88. The van der Waals surface area contributed by atoms with Gasteiger partial charge < -0.3 is 9.84 Å². The molecule has 0 spiro atoms. The van der Waals surface area contributed by atoms with Gasteiger partial charge in [0.2, 0.25) is 0 Å². The molecule has 0 aromatic carbocycles. The first-order valence-corrected chi connectivity index (χ1v) is 4.67. The smallest absolute Gasteiger partial charge is 0.303 e. The lowest BCUT2D eigenvalue weighted by Gasteiger charge is -2.30. The molecule has 2 amide bonds. The van der Waals surface area contributed by atoms with Crippen molar-refractivity contribution in [1.82, 2.24) is 4.90 Å². The Labute approximate surface area is 86.8 Å². The molecule has 1 unspecified atom stereocenters. The lowest BCUT2D eigenvalue weighted by molar-refractivity contribution is -0.161. The van der Waals surface area contributed by atoms with E-state index in [-0.39, 0.29) is 32.1 Å². The molecular weight excluding hydrogens is 202 g/mol. The fourth-order valence-corrected chi connectivity index (χ4v) is 1.46. The molecule has 84 valence electrons. The number of aliphatic carboxylic acids is 1. The normalized spacial score (nSPS) is 19.1. The van der Waals surface area contributed by atoms with Crippen LogP contribution in [-0.4, -0.2) is 47.0 Å². The largest absolute Gasteiger partial charge is 0.481 e. The molecule has 0 bridgehead atoms. The number of carbonyl (C=O) groups excluding carboxylic acids is 2. The molecule has 6 nitrogen and oxygen atoms in total. The van der Waals surface area contributed by atoms with E-state index in [1.807, 2.05) is 0 Å². The molecule has 15 heavy (non-hydrogen) atoms. The zero-order valence-electron chi connectivity index (χ0n) is 8.43. The molecular formula is C9H13NO5. The van der Waals surface area contributed by atoms with Crippen LogP contribution in [0.1, 0.15) is 19.8 Å². The zero-order chi connectivity index (χ0) is 11.4. The SMILES string of the molecule is CC(CCC(=O)O)N1C(=O)COCC1=O. The van der Waals surface area contributed by atoms with E-state index >= 15 is 0 Å². The van der Waals surface area contributed by atoms with Crippen molar-refractivity contribution >= 4 is 17.8 Å². The number of morpholine rings is 1. The summed E-state index contributed by atoms with van der Waals surface area (Å²) in [6.07, 6.45) is 0.214. The molecule has 0 aromatic rings. The highest BCUT2D eigenvalue weighted by molar-refractivity contribution is 5.98. The van der Waals surface area contributed by atoms with Crippen LogP contribution in [0.3, 0.4) is 0 Å². The Bertz CT molecular complexity index is 272. The van der Waals surface area contributed by atoms with Gasteiger partial charge in [-0.25, -0.2) is 0 Å². The molecule has 1 fully saturated rings. The van der Waals surface area contributed by atoms with Crippen LogP contribution < -0.4 is 0 Å². The van der Waals surface area contributed by atoms with Crippen LogP contribution in [0.5, 0.6) is 0 Å². The summed E-state index contributed by atoms with van der Waals surface area (Å²) in [5.74, 6) is -1.73. The number of carboxylic acids is 1. The summed E-state index contributed by atoms with van der Waals surface area (Å²) in [5, 5.41) is 8.48. The minimum absolute atomic E-state index is 0.0565. The lowest BCUT2D eigenvalue weighted by Crippen LogP contribution is -2.50. The van der Waals surface area contributed by atoms with Gasteiger partial charge in [0.25, 0.3) is 11.8 Å². The lowest BCUT2D eigenvalue weighted by atomic mass is 10.1. The molecule has 1 heterocycles. The third-order valence-electron chi connectivity index (χ3n) is 2.21. The zero-order valence-corrected chi connectivity index (χ0v) is 8.43. The third-order valence-corrected chi connectivity index (χ3v) is 2.21. The number of ether oxygens (including phenoxy) is 1. The molecule has 1 saturated heterocycles. The predicted octanol–water partition coefficient (Wildman–Crippen LogP) is -0.375. The van der Waals surface area contributed by atoms with Crippen molar-refractivity contribution in [3.63, 3.8) is 0 Å². The van der Waals surface area contributed by atoms with Crippen molar-refractivity contribution in [2.24, 2.45) is 0 Å². The highest BCUT2D eigenvalue weighted by Gasteiger charge is 2.30. The Balaban J connectivity index is 2.55. The number of rotatable bonds is 4. The van der Waals surface area contributed by atoms with Crippen LogP contribution >= 0.6 is 0 Å². The fraction of sp³-hybridized carbons (Fsp3) is 0.667. The monoisotopic (exact) mass is 215 g/mol. The number of imide groups is 1. The Kier molecular flexibility index (Phi) is 3.79. The summed E-state index contributed by atoms with van der Waals surface area (Å²) in [6.45, 7) is 1.44. The van der Waals surface area contributed by atoms with Gasteiger partial charge in [0.15, 0.2) is 0 Å². The minimum atomic E-state index is -0.935. The molecule has 6 heteroatoms. The van der Waals surface area contributed by atoms with Crippen LogP contribution in [0.25, 0.3) is 0 Å². The minimum Gasteiger partial charge on any atom is -0.481 e. The first kappa shape index (κ1) is 11.6. The van der Waals surface area contributed by atoms with Crippen molar-refractivity contribution in [3.8, 4) is 0 Å². The molecule has 1 aliphatic rings. The van der Waals surface area contributed by atoms with Crippen LogP contribution in [0.2, 0.25) is 0 Å². The highest BCUT2D eigenvalue weighted by atomic mass is 16.5. The van der Waals surface area contributed by atoms with Gasteiger partial charge in [-0.3, -0.25) is 19.3 Å². The van der Waals surface area contributed by atoms with E-state index in [0.29, 0.717) is 0 Å². The summed E-state index contributed by atoms with van der Waals surface area (Å²) in [5.41, 5.74) is 0. The molecule has 0 aromatic heterocycles. The van der Waals surface area contributed by atoms with Gasteiger partial charge in [0.05, 0.1) is 0 Å². The van der Waals surface area contributed by atoms with Crippen molar-refractivity contribution in [3.05, 3.63) is 0 Å². The summed E-state index contributed by atoms with van der Waals surface area (Å²) in [6, 6.07) is -0.384. The molecule has 1 N–H and O–H groups in total. The summed E-state index contributed by atoms with van der Waals surface area (Å²) < 4.78 is 4.74.